The molecular weight excluding hydrogens is 206 g/mol. The molecule has 94 valence electrons. The molecule has 0 aromatic rings. The zero-order chi connectivity index (χ0) is 12.0. The van der Waals surface area contributed by atoms with Crippen LogP contribution in [0, 0.1) is 5.92 Å². The lowest BCUT2D eigenvalue weighted by atomic mass is 10.1. The highest BCUT2D eigenvalue weighted by atomic mass is 16.6. The molecule has 4 nitrogen and oxygen atoms in total. The van der Waals surface area contributed by atoms with Crippen molar-refractivity contribution < 1.29 is 14.3 Å². The van der Waals surface area contributed by atoms with E-state index >= 15 is 0 Å². The van der Waals surface area contributed by atoms with Gasteiger partial charge in [-0.05, 0) is 25.3 Å². The zero-order valence-electron chi connectivity index (χ0n) is 10.6. The van der Waals surface area contributed by atoms with Gasteiger partial charge in [-0.3, -0.25) is 4.90 Å². The minimum atomic E-state index is -0.391. The Morgan fingerprint density at radius 1 is 1.56 bits per heavy atom. The predicted molar refractivity (Wildman–Crippen MR) is 62.3 cm³/mol. The summed E-state index contributed by atoms with van der Waals surface area (Å²) >= 11 is 0. The van der Waals surface area contributed by atoms with Gasteiger partial charge in [-0.2, -0.15) is 0 Å². The number of ether oxygens (including phenoxy) is 2. The van der Waals surface area contributed by atoms with Gasteiger partial charge in [0.15, 0.2) is 6.10 Å². The molecule has 0 aromatic carbocycles. The second-order valence-electron chi connectivity index (χ2n) is 4.72. The number of hydrogen-bond acceptors (Lipinski definition) is 4. The summed E-state index contributed by atoms with van der Waals surface area (Å²) in [5.74, 6) is 0.492. The molecule has 4 heteroatoms. The Kier molecular flexibility index (Phi) is 5.77. The lowest BCUT2D eigenvalue weighted by Crippen LogP contribution is -2.46. The molecule has 1 saturated heterocycles. The van der Waals surface area contributed by atoms with E-state index in [2.05, 4.69) is 18.7 Å². The van der Waals surface area contributed by atoms with Gasteiger partial charge in [0.1, 0.15) is 0 Å². The molecule has 0 aromatic heterocycles. The molecular formula is C12H23NO3. The molecule has 1 heterocycles. The quantitative estimate of drug-likeness (QED) is 0.666. The van der Waals surface area contributed by atoms with Gasteiger partial charge in [0, 0.05) is 13.1 Å². The van der Waals surface area contributed by atoms with Crippen LogP contribution < -0.4 is 0 Å². The van der Waals surface area contributed by atoms with Gasteiger partial charge < -0.3 is 9.47 Å². The van der Waals surface area contributed by atoms with E-state index in [1.165, 1.54) is 20.0 Å². The van der Waals surface area contributed by atoms with Crippen LogP contribution in [0.4, 0.5) is 0 Å². The fourth-order valence-corrected chi connectivity index (χ4v) is 1.90. The Labute approximate surface area is 97.9 Å². The largest absolute Gasteiger partial charge is 0.467 e. The number of morpholine rings is 1. The molecule has 0 aliphatic carbocycles. The van der Waals surface area contributed by atoms with Crippen LogP contribution in [0.2, 0.25) is 0 Å². The van der Waals surface area contributed by atoms with Crippen LogP contribution >= 0.6 is 0 Å². The number of esters is 1. The van der Waals surface area contributed by atoms with Crippen molar-refractivity contribution in [1.29, 1.82) is 0 Å². The highest BCUT2D eigenvalue weighted by molar-refractivity contribution is 5.74. The van der Waals surface area contributed by atoms with E-state index in [4.69, 9.17) is 9.47 Å². The third kappa shape index (κ3) is 4.49. The molecule has 0 bridgehead atoms. The second-order valence-corrected chi connectivity index (χ2v) is 4.72. The van der Waals surface area contributed by atoms with Crippen LogP contribution in [0.25, 0.3) is 0 Å². The highest BCUT2D eigenvalue weighted by Gasteiger charge is 2.26. The molecule has 0 radical (unpaired) electrons. The number of carbonyl (C=O) groups excluding carboxylic acids is 1. The summed E-state index contributed by atoms with van der Waals surface area (Å²) in [7, 11) is 1.41. The first-order valence-corrected chi connectivity index (χ1v) is 6.05. The molecule has 0 N–H and O–H groups in total. The average Bonchev–Trinajstić information content (AvgIpc) is 2.28. The monoisotopic (exact) mass is 229 g/mol. The Hall–Kier alpha value is -0.610. The summed E-state index contributed by atoms with van der Waals surface area (Å²) in [4.78, 5) is 13.6. The van der Waals surface area contributed by atoms with E-state index in [1.54, 1.807) is 0 Å². The summed E-state index contributed by atoms with van der Waals surface area (Å²) in [5, 5.41) is 0. The number of carbonyl (C=O) groups is 1. The Morgan fingerprint density at radius 3 is 2.94 bits per heavy atom. The van der Waals surface area contributed by atoms with Gasteiger partial charge in [-0.1, -0.05) is 13.8 Å². The fraction of sp³-hybridized carbons (Fsp3) is 0.917. The van der Waals surface area contributed by atoms with Gasteiger partial charge >= 0.3 is 5.97 Å². The summed E-state index contributed by atoms with van der Waals surface area (Å²) in [6, 6.07) is 0. The topological polar surface area (TPSA) is 38.8 Å². The third-order valence-corrected chi connectivity index (χ3v) is 2.87. The van der Waals surface area contributed by atoms with Crippen molar-refractivity contribution in [3.63, 3.8) is 0 Å². The molecule has 1 aliphatic heterocycles. The smallest absolute Gasteiger partial charge is 0.336 e. The zero-order valence-corrected chi connectivity index (χ0v) is 10.6. The van der Waals surface area contributed by atoms with E-state index < -0.39 is 6.10 Å². The maximum Gasteiger partial charge on any atom is 0.336 e. The number of rotatable bonds is 5. The Balaban J connectivity index is 2.25. The molecule has 1 fully saturated rings. The van der Waals surface area contributed by atoms with Crippen molar-refractivity contribution in [1.82, 2.24) is 4.90 Å². The van der Waals surface area contributed by atoms with Gasteiger partial charge in [0.25, 0.3) is 0 Å². The van der Waals surface area contributed by atoms with Crippen LogP contribution in [-0.4, -0.2) is 50.3 Å². The Morgan fingerprint density at radius 2 is 2.31 bits per heavy atom. The van der Waals surface area contributed by atoms with E-state index in [0.29, 0.717) is 13.2 Å². The van der Waals surface area contributed by atoms with Crippen molar-refractivity contribution in [2.45, 2.75) is 32.8 Å². The molecule has 0 saturated carbocycles. The molecule has 1 aliphatic rings. The molecule has 1 unspecified atom stereocenters. The molecule has 0 spiro atoms. The lowest BCUT2D eigenvalue weighted by Gasteiger charge is -2.31. The van der Waals surface area contributed by atoms with E-state index in [-0.39, 0.29) is 5.97 Å². The van der Waals surface area contributed by atoms with E-state index in [9.17, 15) is 4.79 Å². The van der Waals surface area contributed by atoms with Gasteiger partial charge in [0.05, 0.1) is 13.7 Å². The third-order valence-electron chi connectivity index (χ3n) is 2.87. The highest BCUT2D eigenvalue weighted by Crippen LogP contribution is 2.10. The molecule has 16 heavy (non-hydrogen) atoms. The van der Waals surface area contributed by atoms with Crippen molar-refractivity contribution >= 4 is 5.97 Å². The molecule has 0 amide bonds. The molecule has 1 atom stereocenters. The van der Waals surface area contributed by atoms with Crippen LogP contribution in [0.1, 0.15) is 26.7 Å². The summed E-state index contributed by atoms with van der Waals surface area (Å²) in [5.41, 5.74) is 0. The van der Waals surface area contributed by atoms with Crippen molar-refractivity contribution in [3.05, 3.63) is 0 Å². The van der Waals surface area contributed by atoms with E-state index in [0.717, 1.165) is 19.0 Å². The molecule has 1 rings (SSSR count). The average molecular weight is 229 g/mol. The normalized spacial score (nSPS) is 22.4. The lowest BCUT2D eigenvalue weighted by molar-refractivity contribution is -0.159. The summed E-state index contributed by atoms with van der Waals surface area (Å²) in [6.45, 7) is 7.74. The van der Waals surface area contributed by atoms with Crippen molar-refractivity contribution in [2.75, 3.05) is 33.4 Å². The van der Waals surface area contributed by atoms with Crippen LogP contribution in [-0.2, 0) is 14.3 Å². The van der Waals surface area contributed by atoms with Crippen molar-refractivity contribution in [2.24, 2.45) is 5.92 Å². The maximum absolute atomic E-state index is 11.3. The number of nitrogens with zero attached hydrogens (tertiary/aromatic N) is 1. The predicted octanol–water partition coefficient (Wildman–Crippen LogP) is 1.30. The summed E-state index contributed by atoms with van der Waals surface area (Å²) < 4.78 is 10.1. The fourth-order valence-electron chi connectivity index (χ4n) is 1.90. The first kappa shape index (κ1) is 13.5. The minimum absolute atomic E-state index is 0.256. The van der Waals surface area contributed by atoms with E-state index in [1.807, 2.05) is 0 Å². The Bertz CT molecular complexity index is 218. The second kappa shape index (κ2) is 6.86. The first-order chi connectivity index (χ1) is 7.63. The SMILES string of the molecule is COC(=O)C1CN(CCCC(C)C)CCO1. The van der Waals surface area contributed by atoms with Crippen LogP contribution in [0.3, 0.4) is 0 Å². The maximum atomic E-state index is 11.3. The van der Waals surface area contributed by atoms with Gasteiger partial charge in [-0.15, -0.1) is 0 Å². The standard InChI is InChI=1S/C12H23NO3/c1-10(2)5-4-6-13-7-8-16-11(9-13)12(14)15-3/h10-11H,4-9H2,1-3H3. The van der Waals surface area contributed by atoms with Crippen molar-refractivity contribution in [3.8, 4) is 0 Å². The van der Waals surface area contributed by atoms with Crippen LogP contribution in [0.15, 0.2) is 0 Å². The van der Waals surface area contributed by atoms with Gasteiger partial charge in [-0.25, -0.2) is 4.79 Å². The number of methoxy groups -OCH3 is 1. The van der Waals surface area contributed by atoms with Gasteiger partial charge in [0.2, 0.25) is 0 Å². The minimum Gasteiger partial charge on any atom is -0.467 e. The summed E-state index contributed by atoms with van der Waals surface area (Å²) in [6.07, 6.45) is 2.03. The number of hydrogen-bond donors (Lipinski definition) is 0. The van der Waals surface area contributed by atoms with Crippen LogP contribution in [0.5, 0.6) is 0 Å². The first-order valence-electron chi connectivity index (χ1n) is 6.05.